The van der Waals surface area contributed by atoms with E-state index in [1.54, 1.807) is 24.3 Å². The van der Waals surface area contributed by atoms with Crippen LogP contribution >= 0.6 is 11.6 Å². The van der Waals surface area contributed by atoms with Crippen LogP contribution in [0.5, 0.6) is 0 Å². The van der Waals surface area contributed by atoms with Gasteiger partial charge in [0.05, 0.1) is 0 Å². The molecule has 1 heterocycles. The van der Waals surface area contributed by atoms with Crippen LogP contribution in [-0.2, 0) is 4.74 Å². The zero-order valence-corrected chi connectivity index (χ0v) is 7.82. The molecule has 1 aromatic carbocycles. The van der Waals surface area contributed by atoms with E-state index in [1.807, 2.05) is 12.1 Å². The van der Waals surface area contributed by atoms with Crippen molar-refractivity contribution in [2.45, 2.75) is 11.7 Å². The number of rotatable bonds is 1. The van der Waals surface area contributed by atoms with E-state index in [9.17, 15) is 0 Å². The monoisotopic (exact) mass is 204 g/mol. The van der Waals surface area contributed by atoms with Crippen LogP contribution in [0.4, 0.5) is 0 Å². The minimum Gasteiger partial charge on any atom is -0.332 e. The SMILES string of the molecule is N#CC1(C#N)O[C@H]1c1cccc(Cl)c1. The van der Waals surface area contributed by atoms with Gasteiger partial charge in [0.15, 0.2) is 0 Å². The van der Waals surface area contributed by atoms with Crippen molar-refractivity contribution in [1.82, 2.24) is 0 Å². The number of nitriles is 2. The van der Waals surface area contributed by atoms with E-state index in [2.05, 4.69) is 0 Å². The van der Waals surface area contributed by atoms with E-state index >= 15 is 0 Å². The second-order valence-electron chi connectivity index (χ2n) is 3.01. The van der Waals surface area contributed by atoms with Gasteiger partial charge in [-0.15, -0.1) is 0 Å². The zero-order valence-electron chi connectivity index (χ0n) is 7.07. The molecule has 1 fully saturated rings. The summed E-state index contributed by atoms with van der Waals surface area (Å²) in [6, 6.07) is 10.7. The molecule has 0 bridgehead atoms. The van der Waals surface area contributed by atoms with Gasteiger partial charge in [-0.2, -0.15) is 10.5 Å². The van der Waals surface area contributed by atoms with Crippen LogP contribution in [0.15, 0.2) is 24.3 Å². The summed E-state index contributed by atoms with van der Waals surface area (Å²) < 4.78 is 5.06. The molecule has 0 aliphatic carbocycles. The topological polar surface area (TPSA) is 60.1 Å². The highest BCUT2D eigenvalue weighted by molar-refractivity contribution is 6.30. The third-order valence-electron chi connectivity index (χ3n) is 2.10. The van der Waals surface area contributed by atoms with E-state index in [0.717, 1.165) is 5.56 Å². The Bertz CT molecular complexity index is 444. The van der Waals surface area contributed by atoms with E-state index in [4.69, 9.17) is 26.9 Å². The predicted molar refractivity (Wildman–Crippen MR) is 49.2 cm³/mol. The molecule has 2 rings (SSSR count). The molecule has 1 aliphatic heterocycles. The van der Waals surface area contributed by atoms with Crippen LogP contribution in [0.1, 0.15) is 11.7 Å². The molecular weight excluding hydrogens is 200 g/mol. The first-order chi connectivity index (χ1) is 6.72. The summed E-state index contributed by atoms with van der Waals surface area (Å²) in [7, 11) is 0. The van der Waals surface area contributed by atoms with Crippen molar-refractivity contribution in [2.24, 2.45) is 0 Å². The van der Waals surface area contributed by atoms with Gasteiger partial charge in [0.1, 0.15) is 18.2 Å². The van der Waals surface area contributed by atoms with Crippen molar-refractivity contribution in [3.05, 3.63) is 34.9 Å². The van der Waals surface area contributed by atoms with E-state index in [-0.39, 0.29) is 0 Å². The molecule has 1 atom stereocenters. The first kappa shape index (κ1) is 9.02. The largest absolute Gasteiger partial charge is 0.332 e. The summed E-state index contributed by atoms with van der Waals surface area (Å²) in [5.41, 5.74) is -0.536. The summed E-state index contributed by atoms with van der Waals surface area (Å²) in [6.45, 7) is 0. The first-order valence-electron chi connectivity index (χ1n) is 3.97. The van der Waals surface area contributed by atoms with Crippen LogP contribution in [0.25, 0.3) is 0 Å². The number of epoxide rings is 1. The quantitative estimate of drug-likeness (QED) is 0.659. The number of hydrogen-bond donors (Lipinski definition) is 0. The smallest absolute Gasteiger partial charge is 0.272 e. The van der Waals surface area contributed by atoms with Gasteiger partial charge in [-0.05, 0) is 17.7 Å². The molecule has 0 N–H and O–H groups in total. The first-order valence-corrected chi connectivity index (χ1v) is 4.35. The number of hydrogen-bond acceptors (Lipinski definition) is 3. The molecule has 0 saturated carbocycles. The van der Waals surface area contributed by atoms with Crippen LogP contribution in [0, 0.1) is 22.7 Å². The molecule has 0 amide bonds. The summed E-state index contributed by atoms with van der Waals surface area (Å²) in [5, 5.41) is 18.0. The Kier molecular flexibility index (Phi) is 1.93. The van der Waals surface area contributed by atoms with Crippen molar-refractivity contribution in [3.8, 4) is 12.1 Å². The van der Waals surface area contributed by atoms with Gasteiger partial charge in [-0.3, -0.25) is 0 Å². The fourth-order valence-corrected chi connectivity index (χ4v) is 1.52. The predicted octanol–water partition coefficient (Wildman–Crippen LogP) is 2.20. The van der Waals surface area contributed by atoms with Gasteiger partial charge in [0.25, 0.3) is 5.60 Å². The Morgan fingerprint density at radius 3 is 2.57 bits per heavy atom. The average Bonchev–Trinajstić information content (AvgIpc) is 2.93. The molecule has 14 heavy (non-hydrogen) atoms. The van der Waals surface area contributed by atoms with Gasteiger partial charge in [0.2, 0.25) is 0 Å². The van der Waals surface area contributed by atoms with Crippen LogP contribution in [0.3, 0.4) is 0 Å². The van der Waals surface area contributed by atoms with Gasteiger partial charge in [0, 0.05) is 5.02 Å². The zero-order chi connectivity index (χ0) is 10.2. The lowest BCUT2D eigenvalue weighted by Gasteiger charge is -1.95. The van der Waals surface area contributed by atoms with Crippen molar-refractivity contribution in [1.29, 1.82) is 10.5 Å². The Hall–Kier alpha value is -1.55. The standard InChI is InChI=1S/C10H5ClN2O/c11-8-3-1-2-7(4-8)9-10(5-12,6-13)14-9/h1-4,9H/t9-/m0/s1. The lowest BCUT2D eigenvalue weighted by atomic mass is 10.0. The third-order valence-corrected chi connectivity index (χ3v) is 2.33. The van der Waals surface area contributed by atoms with Gasteiger partial charge in [-0.25, -0.2) is 0 Å². The Morgan fingerprint density at radius 2 is 2.07 bits per heavy atom. The van der Waals surface area contributed by atoms with E-state index < -0.39 is 11.7 Å². The molecule has 0 spiro atoms. The molecule has 68 valence electrons. The minimum atomic E-state index is -1.30. The molecule has 4 heteroatoms. The van der Waals surface area contributed by atoms with Crippen LogP contribution < -0.4 is 0 Å². The summed E-state index contributed by atoms with van der Waals surface area (Å²) >= 11 is 5.77. The van der Waals surface area contributed by atoms with E-state index in [0.29, 0.717) is 5.02 Å². The number of ether oxygens (including phenoxy) is 1. The highest BCUT2D eigenvalue weighted by Crippen LogP contribution is 2.48. The average molecular weight is 205 g/mol. The molecule has 1 saturated heterocycles. The molecule has 0 unspecified atom stereocenters. The van der Waals surface area contributed by atoms with Crippen molar-refractivity contribution >= 4 is 11.6 Å². The molecular formula is C10H5ClN2O. The highest BCUT2D eigenvalue weighted by atomic mass is 35.5. The lowest BCUT2D eigenvalue weighted by Crippen LogP contribution is -2.04. The maximum absolute atomic E-state index is 8.73. The van der Waals surface area contributed by atoms with Crippen molar-refractivity contribution < 1.29 is 4.74 Å². The maximum atomic E-state index is 8.73. The normalized spacial score (nSPS) is 22.1. The Balaban J connectivity index is 2.31. The van der Waals surface area contributed by atoms with Gasteiger partial charge < -0.3 is 4.74 Å². The summed E-state index contributed by atoms with van der Waals surface area (Å²) in [6.07, 6.45) is -0.462. The second kappa shape index (κ2) is 2.99. The number of benzene rings is 1. The van der Waals surface area contributed by atoms with Gasteiger partial charge in [-0.1, -0.05) is 23.7 Å². The fourth-order valence-electron chi connectivity index (χ4n) is 1.32. The van der Waals surface area contributed by atoms with E-state index in [1.165, 1.54) is 0 Å². The molecule has 0 radical (unpaired) electrons. The molecule has 3 nitrogen and oxygen atoms in total. The summed E-state index contributed by atoms with van der Waals surface area (Å²) in [5.74, 6) is 0. The lowest BCUT2D eigenvalue weighted by molar-refractivity contribution is 0.369. The van der Waals surface area contributed by atoms with Gasteiger partial charge >= 0.3 is 0 Å². The second-order valence-corrected chi connectivity index (χ2v) is 3.45. The summed E-state index contributed by atoms with van der Waals surface area (Å²) in [4.78, 5) is 0. The van der Waals surface area contributed by atoms with Crippen molar-refractivity contribution in [3.63, 3.8) is 0 Å². The van der Waals surface area contributed by atoms with Crippen LogP contribution in [0.2, 0.25) is 5.02 Å². The Labute approximate surface area is 86.1 Å². The minimum absolute atomic E-state index is 0.462. The fraction of sp³-hybridized carbons (Fsp3) is 0.200. The van der Waals surface area contributed by atoms with Crippen molar-refractivity contribution in [2.75, 3.05) is 0 Å². The third kappa shape index (κ3) is 1.24. The Morgan fingerprint density at radius 1 is 1.36 bits per heavy atom. The number of nitrogens with zero attached hydrogens (tertiary/aromatic N) is 2. The molecule has 1 aliphatic rings. The maximum Gasteiger partial charge on any atom is 0.272 e. The molecule has 1 aromatic rings. The highest BCUT2D eigenvalue weighted by Gasteiger charge is 2.59. The molecule has 0 aromatic heterocycles. The van der Waals surface area contributed by atoms with Crippen LogP contribution in [-0.4, -0.2) is 5.60 Å². The number of halogens is 1.